The number of rotatable bonds is 3. The van der Waals surface area contributed by atoms with Crippen LogP contribution in [0.25, 0.3) is 0 Å². The molecule has 0 aliphatic carbocycles. The molecule has 0 aliphatic heterocycles. The summed E-state index contributed by atoms with van der Waals surface area (Å²) >= 11 is 11.6. The summed E-state index contributed by atoms with van der Waals surface area (Å²) in [6.07, 6.45) is 0. The van der Waals surface area contributed by atoms with Gasteiger partial charge in [-0.3, -0.25) is 9.59 Å². The lowest BCUT2D eigenvalue weighted by atomic mass is 10.1. The zero-order valence-corrected chi connectivity index (χ0v) is 12.2. The molecule has 0 heterocycles. The van der Waals surface area contributed by atoms with E-state index < -0.39 is 5.24 Å². The van der Waals surface area contributed by atoms with E-state index in [1.54, 1.807) is 43.4 Å². The summed E-state index contributed by atoms with van der Waals surface area (Å²) in [5, 5.41) is -0.363. The van der Waals surface area contributed by atoms with Crippen LogP contribution in [0.1, 0.15) is 20.7 Å². The van der Waals surface area contributed by atoms with Gasteiger partial charge in [-0.05, 0) is 35.9 Å². The van der Waals surface area contributed by atoms with Gasteiger partial charge in [0.25, 0.3) is 11.1 Å². The van der Waals surface area contributed by atoms with Crippen molar-refractivity contribution in [2.24, 2.45) is 0 Å². The second-order valence-corrected chi connectivity index (χ2v) is 4.89. The number of anilines is 1. The van der Waals surface area contributed by atoms with Crippen LogP contribution in [0.4, 0.5) is 5.69 Å². The summed E-state index contributed by atoms with van der Waals surface area (Å²) in [5.74, 6) is -0.266. The van der Waals surface area contributed by atoms with Crippen LogP contribution in [0.2, 0.25) is 5.02 Å². The summed E-state index contributed by atoms with van der Waals surface area (Å²) in [6.45, 7) is 0. The Morgan fingerprint density at radius 2 is 1.65 bits per heavy atom. The molecular weight excluding hydrogens is 297 g/mol. The number of hydrogen-bond acceptors (Lipinski definition) is 2. The first-order valence-corrected chi connectivity index (χ1v) is 6.59. The van der Waals surface area contributed by atoms with Crippen molar-refractivity contribution in [1.29, 1.82) is 0 Å². The van der Waals surface area contributed by atoms with Crippen LogP contribution in [-0.4, -0.2) is 18.2 Å². The van der Waals surface area contributed by atoms with E-state index in [9.17, 15) is 9.59 Å². The molecule has 0 aromatic heterocycles. The highest BCUT2D eigenvalue weighted by atomic mass is 35.5. The Labute approximate surface area is 126 Å². The van der Waals surface area contributed by atoms with E-state index in [1.807, 2.05) is 6.07 Å². The Morgan fingerprint density at radius 3 is 2.25 bits per heavy atom. The third kappa shape index (κ3) is 2.84. The lowest BCUT2D eigenvalue weighted by Gasteiger charge is -2.20. The molecular formula is C15H11Cl2NO2. The molecule has 5 heteroatoms. The van der Waals surface area contributed by atoms with E-state index in [1.165, 1.54) is 11.0 Å². The first-order valence-electron chi connectivity index (χ1n) is 5.84. The van der Waals surface area contributed by atoms with E-state index in [4.69, 9.17) is 23.2 Å². The fraction of sp³-hybridized carbons (Fsp3) is 0.0667. The van der Waals surface area contributed by atoms with Gasteiger partial charge < -0.3 is 4.90 Å². The Hall–Kier alpha value is -1.84. The molecule has 102 valence electrons. The van der Waals surface area contributed by atoms with Crippen LogP contribution in [0.15, 0.2) is 48.5 Å². The Bertz CT molecular complexity index is 656. The van der Waals surface area contributed by atoms with Crippen molar-refractivity contribution < 1.29 is 9.59 Å². The van der Waals surface area contributed by atoms with Crippen molar-refractivity contribution in [3.63, 3.8) is 0 Å². The second kappa shape index (κ2) is 6.07. The van der Waals surface area contributed by atoms with Crippen molar-refractivity contribution in [3.05, 3.63) is 64.7 Å². The van der Waals surface area contributed by atoms with Gasteiger partial charge in [-0.2, -0.15) is 0 Å². The largest absolute Gasteiger partial charge is 0.309 e. The smallest absolute Gasteiger partial charge is 0.258 e. The summed E-state index contributed by atoms with van der Waals surface area (Å²) in [5.41, 5.74) is 1.01. The van der Waals surface area contributed by atoms with Crippen molar-refractivity contribution in [1.82, 2.24) is 0 Å². The minimum Gasteiger partial charge on any atom is -0.309 e. The lowest BCUT2D eigenvalue weighted by Crippen LogP contribution is -2.27. The van der Waals surface area contributed by atoms with Crippen molar-refractivity contribution in [2.75, 3.05) is 11.9 Å². The van der Waals surface area contributed by atoms with Gasteiger partial charge in [0.1, 0.15) is 0 Å². The predicted octanol–water partition coefficient (Wildman–Crippen LogP) is 4.00. The fourth-order valence-electron chi connectivity index (χ4n) is 1.89. The molecule has 3 nitrogen and oxygen atoms in total. The molecule has 2 aromatic rings. The molecule has 2 rings (SSSR count). The maximum atomic E-state index is 12.4. The van der Waals surface area contributed by atoms with E-state index in [0.717, 1.165) is 0 Å². The Balaban J connectivity index is 2.46. The second-order valence-electron chi connectivity index (χ2n) is 4.14. The number of carbonyl (C=O) groups excluding carboxylic acids is 2. The van der Waals surface area contributed by atoms with Crippen LogP contribution in [0.5, 0.6) is 0 Å². The highest BCUT2D eigenvalue weighted by Crippen LogP contribution is 2.31. The average Bonchev–Trinajstić information content (AvgIpc) is 2.46. The third-order valence-corrected chi connectivity index (χ3v) is 3.37. The number of carbonyl (C=O) groups is 2. The van der Waals surface area contributed by atoms with Gasteiger partial charge in [-0.15, -0.1) is 0 Å². The lowest BCUT2D eigenvalue weighted by molar-refractivity contribution is 0.0993. The van der Waals surface area contributed by atoms with Crippen LogP contribution in [-0.2, 0) is 0 Å². The highest BCUT2D eigenvalue weighted by molar-refractivity contribution is 6.68. The number of benzene rings is 2. The highest BCUT2D eigenvalue weighted by Gasteiger charge is 2.21. The van der Waals surface area contributed by atoms with E-state index >= 15 is 0 Å². The van der Waals surface area contributed by atoms with E-state index in [-0.39, 0.29) is 11.5 Å². The first-order chi connectivity index (χ1) is 9.52. The fourth-order valence-corrected chi connectivity index (χ4v) is 2.34. The number of hydrogen-bond donors (Lipinski definition) is 0. The minimum absolute atomic E-state index is 0.200. The molecule has 0 fully saturated rings. The third-order valence-electron chi connectivity index (χ3n) is 2.86. The molecule has 0 atom stereocenters. The van der Waals surface area contributed by atoms with Gasteiger partial charge in [0.15, 0.2) is 0 Å². The summed E-state index contributed by atoms with van der Waals surface area (Å²) < 4.78 is 0. The summed E-state index contributed by atoms with van der Waals surface area (Å²) in [6, 6.07) is 13.5. The maximum Gasteiger partial charge on any atom is 0.258 e. The first kappa shape index (κ1) is 14.6. The molecule has 0 saturated heterocycles. The number of halogens is 2. The van der Waals surface area contributed by atoms with Gasteiger partial charge in [-0.1, -0.05) is 35.9 Å². The molecule has 0 bridgehead atoms. The molecule has 2 aromatic carbocycles. The number of para-hydroxylation sites is 1. The predicted molar refractivity (Wildman–Crippen MR) is 80.8 cm³/mol. The van der Waals surface area contributed by atoms with Crippen LogP contribution in [0.3, 0.4) is 0 Å². The zero-order chi connectivity index (χ0) is 14.7. The topological polar surface area (TPSA) is 37.4 Å². The van der Waals surface area contributed by atoms with Gasteiger partial charge in [0.05, 0.1) is 16.3 Å². The SMILES string of the molecule is CN(C(=O)c1ccccc1)c1c(Cl)cccc1C(=O)Cl. The van der Waals surface area contributed by atoms with Crippen LogP contribution < -0.4 is 4.90 Å². The average molecular weight is 308 g/mol. The molecule has 0 unspecified atom stereocenters. The molecule has 0 N–H and O–H groups in total. The molecule has 0 saturated carbocycles. The van der Waals surface area contributed by atoms with Crippen molar-refractivity contribution in [2.45, 2.75) is 0 Å². The molecule has 20 heavy (non-hydrogen) atoms. The Morgan fingerprint density at radius 1 is 1.00 bits per heavy atom. The van der Waals surface area contributed by atoms with Gasteiger partial charge in [0, 0.05) is 12.6 Å². The number of nitrogens with zero attached hydrogens (tertiary/aromatic N) is 1. The van der Waals surface area contributed by atoms with E-state index in [0.29, 0.717) is 16.3 Å². The van der Waals surface area contributed by atoms with Crippen LogP contribution in [0, 0.1) is 0 Å². The summed E-state index contributed by atoms with van der Waals surface area (Å²) in [4.78, 5) is 25.2. The van der Waals surface area contributed by atoms with Gasteiger partial charge in [0.2, 0.25) is 0 Å². The zero-order valence-electron chi connectivity index (χ0n) is 10.6. The monoisotopic (exact) mass is 307 g/mol. The van der Waals surface area contributed by atoms with Gasteiger partial charge in [-0.25, -0.2) is 0 Å². The molecule has 0 spiro atoms. The maximum absolute atomic E-state index is 12.4. The van der Waals surface area contributed by atoms with Crippen molar-refractivity contribution in [3.8, 4) is 0 Å². The van der Waals surface area contributed by atoms with E-state index in [2.05, 4.69) is 0 Å². The summed E-state index contributed by atoms with van der Waals surface area (Å²) in [7, 11) is 1.56. The van der Waals surface area contributed by atoms with Crippen LogP contribution >= 0.6 is 23.2 Å². The quantitative estimate of drug-likeness (QED) is 0.804. The standard InChI is InChI=1S/C15H11Cl2NO2/c1-18(15(20)10-6-3-2-4-7-10)13-11(14(17)19)8-5-9-12(13)16/h2-9H,1H3. The Kier molecular flexibility index (Phi) is 4.42. The van der Waals surface area contributed by atoms with Gasteiger partial charge >= 0.3 is 0 Å². The normalized spacial score (nSPS) is 10.2. The number of amides is 1. The minimum atomic E-state index is -0.657. The molecule has 1 amide bonds. The van der Waals surface area contributed by atoms with Crippen molar-refractivity contribution >= 4 is 40.0 Å². The molecule has 0 radical (unpaired) electrons. The molecule has 0 aliphatic rings.